The van der Waals surface area contributed by atoms with Crippen molar-refractivity contribution in [3.8, 4) is 0 Å². The molecule has 3 aromatic rings. The Morgan fingerprint density at radius 2 is 1.89 bits per heavy atom. The average Bonchev–Trinajstić information content (AvgIpc) is 3.46. The van der Waals surface area contributed by atoms with Gasteiger partial charge in [-0.1, -0.05) is 71.1 Å². The number of nitrogens with one attached hydrogen (secondary N) is 2. The van der Waals surface area contributed by atoms with Gasteiger partial charge in [-0.3, -0.25) is 4.79 Å². The van der Waals surface area contributed by atoms with E-state index in [4.69, 9.17) is 0 Å². The predicted octanol–water partition coefficient (Wildman–Crippen LogP) is 4.95. The van der Waals surface area contributed by atoms with Crippen molar-refractivity contribution in [2.24, 2.45) is 5.92 Å². The monoisotopic (exact) mass is 410 g/mol. The van der Waals surface area contributed by atoms with E-state index in [1.54, 1.807) is 0 Å². The molecule has 1 saturated carbocycles. The quantitative estimate of drug-likeness (QED) is 0.514. The Balaban J connectivity index is 1.31. The van der Waals surface area contributed by atoms with Gasteiger partial charge in [0.1, 0.15) is 0 Å². The molecule has 1 amide bonds. The molecule has 1 fully saturated rings. The summed E-state index contributed by atoms with van der Waals surface area (Å²) in [6.45, 7) is 2.08. The highest BCUT2D eigenvalue weighted by Gasteiger charge is 2.33. The van der Waals surface area contributed by atoms with Crippen molar-refractivity contribution in [2.45, 2.75) is 30.1 Å². The number of aryl methyl sites for hydroxylation is 1. The van der Waals surface area contributed by atoms with Crippen molar-refractivity contribution in [1.82, 2.24) is 15.5 Å². The Labute approximate surface area is 173 Å². The number of carbonyl (C=O) groups is 1. The van der Waals surface area contributed by atoms with Crippen LogP contribution in [0.15, 0.2) is 58.9 Å². The Morgan fingerprint density at radius 3 is 2.61 bits per heavy atom. The first-order valence-electron chi connectivity index (χ1n) is 9.32. The fraction of sp³-hybridized carbons (Fsp3) is 0.286. The lowest BCUT2D eigenvalue weighted by atomic mass is 10.0. The van der Waals surface area contributed by atoms with Gasteiger partial charge in [0.25, 0.3) is 0 Å². The molecule has 2 N–H and O–H groups in total. The van der Waals surface area contributed by atoms with E-state index in [0.29, 0.717) is 11.7 Å². The SMILES string of the molecule is Cc1ccc(C(NC(=O)CSc2nnc(Nc3ccccc3)s2)C2CC2)cc1. The average molecular weight is 411 g/mol. The zero-order chi connectivity index (χ0) is 19.3. The van der Waals surface area contributed by atoms with Crippen LogP contribution in [0.4, 0.5) is 10.8 Å². The van der Waals surface area contributed by atoms with Gasteiger partial charge in [0.05, 0.1) is 11.8 Å². The number of para-hydroxylation sites is 1. The first kappa shape index (κ1) is 19.0. The highest BCUT2D eigenvalue weighted by Crippen LogP contribution is 2.41. The Kier molecular flexibility index (Phi) is 5.92. The van der Waals surface area contributed by atoms with Gasteiger partial charge in [-0.25, -0.2) is 0 Å². The highest BCUT2D eigenvalue weighted by molar-refractivity contribution is 8.01. The summed E-state index contributed by atoms with van der Waals surface area (Å²) < 4.78 is 0.784. The normalized spacial score (nSPS) is 14.5. The zero-order valence-electron chi connectivity index (χ0n) is 15.6. The molecule has 28 heavy (non-hydrogen) atoms. The second kappa shape index (κ2) is 8.75. The summed E-state index contributed by atoms with van der Waals surface area (Å²) in [5.41, 5.74) is 3.39. The molecule has 0 radical (unpaired) electrons. The maximum atomic E-state index is 12.5. The maximum absolute atomic E-state index is 12.5. The summed E-state index contributed by atoms with van der Waals surface area (Å²) in [7, 11) is 0. The summed E-state index contributed by atoms with van der Waals surface area (Å²) in [6.07, 6.45) is 2.35. The molecule has 2 aromatic carbocycles. The topological polar surface area (TPSA) is 66.9 Å². The van der Waals surface area contributed by atoms with Crippen LogP contribution in [0.3, 0.4) is 0 Å². The number of carbonyl (C=O) groups excluding carboxylic acids is 1. The summed E-state index contributed by atoms with van der Waals surface area (Å²) >= 11 is 2.88. The number of hydrogen-bond donors (Lipinski definition) is 2. The molecule has 1 unspecified atom stereocenters. The van der Waals surface area contributed by atoms with Gasteiger partial charge in [0.15, 0.2) is 4.34 Å². The minimum absolute atomic E-state index is 0.0373. The van der Waals surface area contributed by atoms with Gasteiger partial charge in [0, 0.05) is 5.69 Å². The molecule has 5 nitrogen and oxygen atoms in total. The molecule has 0 spiro atoms. The van der Waals surface area contributed by atoms with Crippen LogP contribution in [0.2, 0.25) is 0 Å². The summed E-state index contributed by atoms with van der Waals surface area (Å²) in [5, 5.41) is 15.5. The molecule has 4 rings (SSSR count). The number of thioether (sulfide) groups is 1. The summed E-state index contributed by atoms with van der Waals surface area (Å²) in [6, 6.07) is 18.4. The molecule has 1 atom stereocenters. The Bertz CT molecular complexity index is 923. The number of rotatable bonds is 8. The number of hydrogen-bond acceptors (Lipinski definition) is 6. The Morgan fingerprint density at radius 1 is 1.14 bits per heavy atom. The predicted molar refractivity (Wildman–Crippen MR) is 115 cm³/mol. The lowest BCUT2D eigenvalue weighted by Gasteiger charge is -2.18. The third kappa shape index (κ3) is 5.11. The minimum Gasteiger partial charge on any atom is -0.348 e. The van der Waals surface area contributed by atoms with Gasteiger partial charge in [-0.2, -0.15) is 0 Å². The third-order valence-corrected chi connectivity index (χ3v) is 6.58. The van der Waals surface area contributed by atoms with E-state index in [0.717, 1.165) is 15.2 Å². The first-order valence-corrected chi connectivity index (χ1v) is 11.1. The van der Waals surface area contributed by atoms with Crippen LogP contribution in [0.1, 0.15) is 30.0 Å². The van der Waals surface area contributed by atoms with Crippen molar-refractivity contribution in [3.05, 3.63) is 65.7 Å². The molecular formula is C21H22N4OS2. The van der Waals surface area contributed by atoms with Crippen LogP contribution in [-0.2, 0) is 4.79 Å². The van der Waals surface area contributed by atoms with Gasteiger partial charge < -0.3 is 10.6 Å². The number of anilines is 2. The second-order valence-electron chi connectivity index (χ2n) is 6.95. The zero-order valence-corrected chi connectivity index (χ0v) is 17.2. The van der Waals surface area contributed by atoms with E-state index in [1.165, 1.54) is 47.1 Å². The van der Waals surface area contributed by atoms with Crippen molar-refractivity contribution in [3.63, 3.8) is 0 Å². The van der Waals surface area contributed by atoms with Crippen molar-refractivity contribution in [1.29, 1.82) is 0 Å². The van der Waals surface area contributed by atoms with E-state index in [1.807, 2.05) is 30.3 Å². The second-order valence-corrected chi connectivity index (χ2v) is 9.15. The molecule has 0 saturated heterocycles. The molecule has 0 bridgehead atoms. The largest absolute Gasteiger partial charge is 0.348 e. The highest BCUT2D eigenvalue weighted by atomic mass is 32.2. The number of amides is 1. The number of benzene rings is 2. The summed E-state index contributed by atoms with van der Waals surface area (Å²) in [5.74, 6) is 0.935. The van der Waals surface area contributed by atoms with Crippen molar-refractivity contribution in [2.75, 3.05) is 11.1 Å². The van der Waals surface area contributed by atoms with E-state index in [-0.39, 0.29) is 11.9 Å². The summed E-state index contributed by atoms with van der Waals surface area (Å²) in [4.78, 5) is 12.5. The fourth-order valence-electron chi connectivity index (χ4n) is 2.98. The van der Waals surface area contributed by atoms with Crippen LogP contribution in [0, 0.1) is 12.8 Å². The lowest BCUT2D eigenvalue weighted by molar-refractivity contribution is -0.119. The molecule has 144 valence electrons. The van der Waals surface area contributed by atoms with E-state index >= 15 is 0 Å². The van der Waals surface area contributed by atoms with Gasteiger partial charge in [-0.15, -0.1) is 10.2 Å². The van der Waals surface area contributed by atoms with Gasteiger partial charge in [0.2, 0.25) is 11.0 Å². The van der Waals surface area contributed by atoms with E-state index in [9.17, 15) is 4.79 Å². The molecule has 1 heterocycles. The molecule has 1 aliphatic carbocycles. The lowest BCUT2D eigenvalue weighted by Crippen LogP contribution is -2.31. The van der Waals surface area contributed by atoms with Crippen LogP contribution >= 0.6 is 23.1 Å². The van der Waals surface area contributed by atoms with Gasteiger partial charge >= 0.3 is 0 Å². The van der Waals surface area contributed by atoms with Crippen molar-refractivity contribution < 1.29 is 4.79 Å². The molecule has 0 aliphatic heterocycles. The number of aromatic nitrogens is 2. The molecule has 1 aromatic heterocycles. The first-order chi connectivity index (χ1) is 13.7. The molecule has 1 aliphatic rings. The van der Waals surface area contributed by atoms with Crippen LogP contribution in [-0.4, -0.2) is 21.9 Å². The maximum Gasteiger partial charge on any atom is 0.230 e. The molecular weight excluding hydrogens is 388 g/mol. The Hall–Kier alpha value is -2.38. The van der Waals surface area contributed by atoms with Crippen LogP contribution < -0.4 is 10.6 Å². The third-order valence-electron chi connectivity index (χ3n) is 4.60. The number of nitrogens with zero attached hydrogens (tertiary/aromatic N) is 2. The van der Waals surface area contributed by atoms with Crippen LogP contribution in [0.25, 0.3) is 0 Å². The standard InChI is InChI=1S/C21H22N4OS2/c1-14-7-9-15(10-8-14)19(16-11-12-16)23-18(26)13-27-21-25-24-20(28-21)22-17-5-3-2-4-6-17/h2-10,16,19H,11-13H2,1H3,(H,22,24)(H,23,26). The van der Waals surface area contributed by atoms with E-state index < -0.39 is 0 Å². The fourth-order valence-corrected chi connectivity index (χ4v) is 4.57. The smallest absolute Gasteiger partial charge is 0.230 e. The minimum atomic E-state index is 0.0373. The van der Waals surface area contributed by atoms with Crippen LogP contribution in [0.5, 0.6) is 0 Å². The van der Waals surface area contributed by atoms with Gasteiger partial charge in [-0.05, 0) is 43.4 Å². The van der Waals surface area contributed by atoms with E-state index in [2.05, 4.69) is 52.0 Å². The molecule has 7 heteroatoms. The van der Waals surface area contributed by atoms with Crippen molar-refractivity contribution >= 4 is 39.8 Å².